The number of carbonyl (C=O) groups is 2. The first-order chi connectivity index (χ1) is 20.1. The summed E-state index contributed by atoms with van der Waals surface area (Å²) in [5.74, 6) is 1.44. The van der Waals surface area contributed by atoms with E-state index in [4.69, 9.17) is 14.2 Å². The van der Waals surface area contributed by atoms with Crippen LogP contribution in [0.5, 0.6) is 0 Å². The molecule has 0 spiro atoms. The molecule has 0 heterocycles. The minimum Gasteiger partial charge on any atom is -0.375 e. The Balaban J connectivity index is 0.930. The zero-order chi connectivity index (χ0) is 28.4. The minimum atomic E-state index is 0.170. The van der Waals surface area contributed by atoms with Crippen LogP contribution >= 0.6 is 0 Å². The molecular weight excluding hydrogens is 516 g/mol. The van der Waals surface area contributed by atoms with Crippen molar-refractivity contribution in [1.29, 1.82) is 0 Å². The van der Waals surface area contributed by atoms with Gasteiger partial charge >= 0.3 is 0 Å². The molecule has 234 valence electrons. The summed E-state index contributed by atoms with van der Waals surface area (Å²) < 4.78 is 18.8. The molecule has 2 N–H and O–H groups in total. The van der Waals surface area contributed by atoms with Gasteiger partial charge in [-0.3, -0.25) is 14.9 Å². The van der Waals surface area contributed by atoms with Gasteiger partial charge in [-0.25, -0.2) is 0 Å². The number of hydrogen-bond donors (Lipinski definition) is 2. The quantitative estimate of drug-likeness (QED) is 0.285. The summed E-state index contributed by atoms with van der Waals surface area (Å²) in [7, 11) is 1.92. The van der Waals surface area contributed by atoms with E-state index in [2.05, 4.69) is 10.6 Å². The molecule has 5 saturated carbocycles. The fraction of sp³-hybridized carbons (Fsp3) is 0.941. The van der Waals surface area contributed by atoms with Gasteiger partial charge in [0.25, 0.3) is 0 Å². The average Bonchev–Trinajstić information content (AvgIpc) is 3.02. The molecule has 0 atom stereocenters. The van der Waals surface area contributed by atoms with Crippen LogP contribution < -0.4 is 10.6 Å². The predicted molar refractivity (Wildman–Crippen MR) is 160 cm³/mol. The molecule has 0 unspecified atom stereocenters. The first kappa shape index (κ1) is 31.4. The molecule has 7 nitrogen and oxygen atoms in total. The van der Waals surface area contributed by atoms with E-state index in [1.54, 1.807) is 0 Å². The Hall–Kier alpha value is -1.02. The number of amides is 1. The van der Waals surface area contributed by atoms with Crippen LogP contribution in [0.25, 0.3) is 0 Å². The van der Waals surface area contributed by atoms with Crippen molar-refractivity contribution in [3.8, 4) is 0 Å². The van der Waals surface area contributed by atoms with Gasteiger partial charge in [0.15, 0.2) is 0 Å². The average molecular weight is 575 g/mol. The van der Waals surface area contributed by atoms with E-state index in [1.807, 2.05) is 7.05 Å². The van der Waals surface area contributed by atoms with Crippen LogP contribution in [0.3, 0.4) is 0 Å². The third-order valence-electron chi connectivity index (χ3n) is 11.0. The van der Waals surface area contributed by atoms with Crippen molar-refractivity contribution in [2.24, 2.45) is 17.8 Å². The third-order valence-corrected chi connectivity index (χ3v) is 11.0. The van der Waals surface area contributed by atoms with Gasteiger partial charge in [-0.05, 0) is 123 Å². The van der Waals surface area contributed by atoms with Crippen LogP contribution in [0, 0.1) is 17.8 Å². The molecule has 7 heteroatoms. The molecule has 0 aliphatic heterocycles. The number of ketones is 1. The van der Waals surface area contributed by atoms with E-state index in [0.29, 0.717) is 43.0 Å². The summed E-state index contributed by atoms with van der Waals surface area (Å²) in [4.78, 5) is 26.1. The smallest absolute Gasteiger partial charge is 0.223 e. The van der Waals surface area contributed by atoms with Crippen LogP contribution in [0.15, 0.2) is 0 Å². The highest BCUT2D eigenvalue weighted by Gasteiger charge is 2.36. The van der Waals surface area contributed by atoms with Gasteiger partial charge in [-0.2, -0.15) is 0 Å². The Bertz CT molecular complexity index is 785. The predicted octanol–water partition coefficient (Wildman–Crippen LogP) is 6.22. The number of carbonyl (C=O) groups excluding carboxylic acids is 2. The molecule has 0 aromatic rings. The SMILES string of the molecule is CNCOC1CCC(OC2CCC(C(=O)C3CCC(OC4CCC(C(=O)NC5CCCCC5)CC4)CC3)CC2)CC1. The molecule has 0 bridgehead atoms. The maximum atomic E-state index is 13.4. The molecule has 5 fully saturated rings. The topological polar surface area (TPSA) is 85.9 Å². The van der Waals surface area contributed by atoms with E-state index in [1.165, 1.54) is 19.3 Å². The monoisotopic (exact) mass is 574 g/mol. The van der Waals surface area contributed by atoms with Crippen molar-refractivity contribution in [2.75, 3.05) is 13.8 Å². The first-order valence-corrected chi connectivity index (χ1v) is 17.5. The fourth-order valence-electron chi connectivity index (χ4n) is 8.41. The molecule has 5 rings (SSSR count). The van der Waals surface area contributed by atoms with Crippen molar-refractivity contribution < 1.29 is 23.8 Å². The van der Waals surface area contributed by atoms with Gasteiger partial charge < -0.3 is 19.5 Å². The normalized spacial score (nSPS) is 37.4. The standard InChI is InChI=1S/C34H58N2O5/c1-35-23-39-28-19-21-32(22-20-28)41-30-15-9-25(10-16-30)33(37)24-7-13-29(14-8-24)40-31-17-11-26(12-18-31)34(38)36-27-5-3-2-4-6-27/h24-32,35H,2-23H2,1H3,(H,36,38). The van der Waals surface area contributed by atoms with Crippen molar-refractivity contribution in [3.05, 3.63) is 0 Å². The van der Waals surface area contributed by atoms with Crippen LogP contribution in [-0.2, 0) is 23.8 Å². The van der Waals surface area contributed by atoms with E-state index < -0.39 is 0 Å². The molecular formula is C34H58N2O5. The third kappa shape index (κ3) is 9.48. The van der Waals surface area contributed by atoms with Gasteiger partial charge in [0, 0.05) is 23.8 Å². The second-order valence-electron chi connectivity index (χ2n) is 14.0. The molecule has 5 aliphatic rings. The zero-order valence-corrected chi connectivity index (χ0v) is 25.8. The summed E-state index contributed by atoms with van der Waals surface area (Å²) >= 11 is 0. The highest BCUT2D eigenvalue weighted by molar-refractivity contribution is 5.83. The van der Waals surface area contributed by atoms with Crippen LogP contribution in [0.2, 0.25) is 0 Å². The maximum Gasteiger partial charge on any atom is 0.223 e. The number of ether oxygens (including phenoxy) is 3. The first-order valence-electron chi connectivity index (χ1n) is 17.5. The van der Waals surface area contributed by atoms with Crippen LogP contribution in [0.1, 0.15) is 135 Å². The molecule has 0 radical (unpaired) electrons. The van der Waals surface area contributed by atoms with Gasteiger partial charge in [0.05, 0.1) is 37.3 Å². The molecule has 1 amide bonds. The van der Waals surface area contributed by atoms with E-state index in [9.17, 15) is 9.59 Å². The highest BCUT2D eigenvalue weighted by Crippen LogP contribution is 2.37. The second-order valence-corrected chi connectivity index (χ2v) is 14.0. The maximum absolute atomic E-state index is 13.4. The summed E-state index contributed by atoms with van der Waals surface area (Å²) in [6.45, 7) is 0.630. The number of rotatable bonds is 11. The molecule has 41 heavy (non-hydrogen) atoms. The largest absolute Gasteiger partial charge is 0.375 e. The van der Waals surface area contributed by atoms with Gasteiger partial charge in [0.2, 0.25) is 5.91 Å². The summed E-state index contributed by atoms with van der Waals surface area (Å²) in [5.41, 5.74) is 0. The van der Waals surface area contributed by atoms with Gasteiger partial charge in [0.1, 0.15) is 5.78 Å². The zero-order valence-electron chi connectivity index (χ0n) is 25.8. The minimum absolute atomic E-state index is 0.170. The fourth-order valence-corrected chi connectivity index (χ4v) is 8.41. The molecule has 0 aromatic carbocycles. The van der Waals surface area contributed by atoms with Gasteiger partial charge in [-0.15, -0.1) is 0 Å². The summed E-state index contributed by atoms with van der Waals surface area (Å²) in [5, 5.41) is 6.39. The van der Waals surface area contributed by atoms with Crippen molar-refractivity contribution in [3.63, 3.8) is 0 Å². The summed E-state index contributed by atoms with van der Waals surface area (Å²) in [6.07, 6.45) is 24.1. The number of Topliss-reactive ketones (excluding diaryl/α,β-unsaturated/α-hetero) is 1. The molecule has 5 aliphatic carbocycles. The number of hydrogen-bond acceptors (Lipinski definition) is 6. The Morgan fingerprint density at radius 1 is 0.537 bits per heavy atom. The Kier molecular flexibility index (Phi) is 12.4. The van der Waals surface area contributed by atoms with E-state index in [-0.39, 0.29) is 29.8 Å². The van der Waals surface area contributed by atoms with Crippen molar-refractivity contribution in [1.82, 2.24) is 10.6 Å². The second kappa shape index (κ2) is 16.2. The Morgan fingerprint density at radius 2 is 0.951 bits per heavy atom. The van der Waals surface area contributed by atoms with Gasteiger partial charge in [-0.1, -0.05) is 19.3 Å². The van der Waals surface area contributed by atoms with Crippen molar-refractivity contribution in [2.45, 2.75) is 171 Å². The number of nitrogens with one attached hydrogen (secondary N) is 2. The lowest BCUT2D eigenvalue weighted by molar-refractivity contribution is -0.132. The van der Waals surface area contributed by atoms with E-state index in [0.717, 1.165) is 116 Å². The lowest BCUT2D eigenvalue weighted by Crippen LogP contribution is -2.42. The van der Waals surface area contributed by atoms with Crippen LogP contribution in [-0.4, -0.2) is 62.0 Å². The Morgan fingerprint density at radius 3 is 1.41 bits per heavy atom. The van der Waals surface area contributed by atoms with Crippen molar-refractivity contribution >= 4 is 11.7 Å². The lowest BCUT2D eigenvalue weighted by Gasteiger charge is -2.37. The Labute approximate surface area is 249 Å². The summed E-state index contributed by atoms with van der Waals surface area (Å²) in [6, 6.07) is 0.408. The highest BCUT2D eigenvalue weighted by atomic mass is 16.5. The van der Waals surface area contributed by atoms with Crippen LogP contribution in [0.4, 0.5) is 0 Å². The lowest BCUT2D eigenvalue weighted by atomic mass is 9.75. The van der Waals surface area contributed by atoms with E-state index >= 15 is 0 Å². The molecule has 0 aromatic heterocycles. The molecule has 0 saturated heterocycles.